The van der Waals surface area contributed by atoms with E-state index in [2.05, 4.69) is 9.97 Å². The average molecular weight is 344 g/mol. The van der Waals surface area contributed by atoms with Crippen LogP contribution in [0.25, 0.3) is 11.0 Å². The number of nitrogens with zero attached hydrogens (tertiary/aromatic N) is 2. The van der Waals surface area contributed by atoms with Crippen molar-refractivity contribution in [1.82, 2.24) is 14.9 Å². The van der Waals surface area contributed by atoms with Crippen LogP contribution in [-0.4, -0.2) is 33.9 Å². The van der Waals surface area contributed by atoms with Crippen molar-refractivity contribution in [3.63, 3.8) is 0 Å². The number of halogens is 2. The fourth-order valence-electron chi connectivity index (χ4n) is 2.99. The maximum atomic E-state index is 13.8. The maximum absolute atomic E-state index is 13.8. The zero-order valence-corrected chi connectivity index (χ0v) is 13.6. The lowest BCUT2D eigenvalue weighted by molar-refractivity contribution is -0.135. The van der Waals surface area contributed by atoms with Crippen molar-refractivity contribution in [1.29, 1.82) is 0 Å². The molecule has 4 nitrogen and oxygen atoms in total. The number of aromatic amines is 1. The molecule has 0 aliphatic carbocycles. The molecule has 1 aromatic heterocycles. The second kappa shape index (κ2) is 5.91. The molecule has 1 N–H and O–H groups in total. The van der Waals surface area contributed by atoms with Gasteiger partial charge in [-0.25, -0.2) is 9.37 Å². The third-order valence-electron chi connectivity index (χ3n) is 4.42. The van der Waals surface area contributed by atoms with E-state index in [-0.39, 0.29) is 28.8 Å². The minimum atomic E-state index is -0.440. The van der Waals surface area contributed by atoms with Crippen LogP contribution >= 0.6 is 11.6 Å². The number of aromatic nitrogens is 2. The zero-order chi connectivity index (χ0) is 16.7. The molecule has 0 radical (unpaired) electrons. The van der Waals surface area contributed by atoms with Crippen LogP contribution < -0.4 is 0 Å². The van der Waals surface area contributed by atoms with E-state index in [0.717, 1.165) is 16.9 Å². The highest BCUT2D eigenvalue weighted by Crippen LogP contribution is 2.28. The van der Waals surface area contributed by atoms with Crippen molar-refractivity contribution < 1.29 is 9.18 Å². The number of carbonyl (C=O) groups is 1. The molecule has 0 saturated carbocycles. The Labute approximate surface area is 143 Å². The van der Waals surface area contributed by atoms with Crippen LogP contribution in [0, 0.1) is 5.82 Å². The molecule has 24 heavy (non-hydrogen) atoms. The fourth-order valence-corrected chi connectivity index (χ4v) is 3.22. The molecule has 3 aromatic rings. The quantitative estimate of drug-likeness (QED) is 0.791. The van der Waals surface area contributed by atoms with Gasteiger partial charge in [-0.05, 0) is 24.3 Å². The van der Waals surface area contributed by atoms with Gasteiger partial charge in [0.15, 0.2) is 0 Å². The molecule has 4 rings (SSSR count). The Morgan fingerprint density at radius 3 is 2.79 bits per heavy atom. The Hall–Kier alpha value is -2.40. The lowest BCUT2D eigenvalue weighted by Crippen LogP contribution is -2.49. The first kappa shape index (κ1) is 15.1. The fraction of sp³-hybridized carbons (Fsp3) is 0.222. The van der Waals surface area contributed by atoms with Gasteiger partial charge in [-0.1, -0.05) is 29.8 Å². The molecule has 1 fully saturated rings. The molecule has 1 saturated heterocycles. The van der Waals surface area contributed by atoms with E-state index in [4.69, 9.17) is 11.6 Å². The van der Waals surface area contributed by atoms with Crippen LogP contribution in [-0.2, 0) is 11.2 Å². The molecule has 122 valence electrons. The lowest BCUT2D eigenvalue weighted by atomic mass is 9.98. The van der Waals surface area contributed by atoms with Gasteiger partial charge in [0.05, 0.1) is 23.4 Å². The molecule has 1 amide bonds. The number of benzene rings is 2. The summed E-state index contributed by atoms with van der Waals surface area (Å²) in [6.07, 6.45) is -0.0155. The number of hydrogen-bond donors (Lipinski definition) is 1. The summed E-state index contributed by atoms with van der Waals surface area (Å²) in [5.74, 6) is 0.529. The summed E-state index contributed by atoms with van der Waals surface area (Å²) in [5.41, 5.74) is 2.18. The van der Waals surface area contributed by atoms with Gasteiger partial charge in [0.1, 0.15) is 11.6 Å². The first-order valence-corrected chi connectivity index (χ1v) is 8.15. The van der Waals surface area contributed by atoms with Crippen LogP contribution in [0.1, 0.15) is 17.3 Å². The SMILES string of the molecule is O=C(Cc1c(F)cccc1Cl)N1CC(c2nc3ccccc3[nH]2)C1. The number of rotatable bonds is 3. The molecular formula is C18H15ClFN3O. The second-order valence-electron chi connectivity index (χ2n) is 6.01. The van der Waals surface area contributed by atoms with Gasteiger partial charge in [-0.3, -0.25) is 4.79 Å². The van der Waals surface area contributed by atoms with Crippen LogP contribution in [0.3, 0.4) is 0 Å². The standard InChI is InChI=1S/C18H15ClFN3O/c19-13-4-3-5-14(20)12(13)8-17(24)23-9-11(10-23)18-21-15-6-1-2-7-16(15)22-18/h1-7,11H,8-10H2,(H,21,22). The minimum absolute atomic E-state index is 0.0155. The van der Waals surface area contributed by atoms with E-state index in [9.17, 15) is 9.18 Å². The molecule has 2 aromatic carbocycles. The Balaban J connectivity index is 1.42. The van der Waals surface area contributed by atoms with Gasteiger partial charge in [0.2, 0.25) is 5.91 Å². The molecule has 1 aliphatic rings. The highest BCUT2D eigenvalue weighted by molar-refractivity contribution is 6.31. The topological polar surface area (TPSA) is 49.0 Å². The largest absolute Gasteiger partial charge is 0.342 e. The Bertz CT molecular complexity index is 864. The molecular weight excluding hydrogens is 329 g/mol. The number of amides is 1. The third kappa shape index (κ3) is 2.65. The van der Waals surface area contributed by atoms with Crippen LogP contribution in [0.15, 0.2) is 42.5 Å². The first-order valence-electron chi connectivity index (χ1n) is 7.77. The first-order chi connectivity index (χ1) is 11.6. The van der Waals surface area contributed by atoms with Crippen molar-refractivity contribution in [3.05, 3.63) is 64.7 Å². The van der Waals surface area contributed by atoms with Gasteiger partial charge in [-0.2, -0.15) is 0 Å². The number of para-hydroxylation sites is 2. The minimum Gasteiger partial charge on any atom is -0.342 e. The number of carbonyl (C=O) groups excluding carboxylic acids is 1. The molecule has 6 heteroatoms. The number of fused-ring (bicyclic) bond motifs is 1. The monoisotopic (exact) mass is 343 g/mol. The summed E-state index contributed by atoms with van der Waals surface area (Å²) in [6.45, 7) is 1.18. The Morgan fingerprint density at radius 1 is 1.25 bits per heavy atom. The molecule has 0 spiro atoms. The summed E-state index contributed by atoms with van der Waals surface area (Å²) < 4.78 is 13.8. The predicted molar refractivity (Wildman–Crippen MR) is 90.5 cm³/mol. The summed E-state index contributed by atoms with van der Waals surface area (Å²) in [6, 6.07) is 12.3. The second-order valence-corrected chi connectivity index (χ2v) is 6.42. The summed E-state index contributed by atoms with van der Waals surface area (Å²) in [5, 5.41) is 0.290. The maximum Gasteiger partial charge on any atom is 0.227 e. The molecule has 0 unspecified atom stereocenters. The van der Waals surface area contributed by atoms with Gasteiger partial charge in [-0.15, -0.1) is 0 Å². The van der Waals surface area contributed by atoms with Crippen LogP contribution in [0.5, 0.6) is 0 Å². The van der Waals surface area contributed by atoms with Crippen LogP contribution in [0.4, 0.5) is 4.39 Å². The smallest absolute Gasteiger partial charge is 0.227 e. The zero-order valence-electron chi connectivity index (χ0n) is 12.8. The highest BCUT2D eigenvalue weighted by atomic mass is 35.5. The average Bonchev–Trinajstić information content (AvgIpc) is 2.93. The van der Waals surface area contributed by atoms with Crippen molar-refractivity contribution >= 4 is 28.5 Å². The number of nitrogens with one attached hydrogen (secondary N) is 1. The normalized spacial score (nSPS) is 14.8. The highest BCUT2D eigenvalue weighted by Gasteiger charge is 2.34. The van der Waals surface area contributed by atoms with E-state index in [1.807, 2.05) is 24.3 Å². The van der Waals surface area contributed by atoms with E-state index in [1.54, 1.807) is 11.0 Å². The lowest BCUT2D eigenvalue weighted by Gasteiger charge is -2.38. The van der Waals surface area contributed by atoms with Crippen molar-refractivity contribution in [2.75, 3.05) is 13.1 Å². The Kier molecular flexibility index (Phi) is 3.73. The predicted octanol–water partition coefficient (Wildman–Crippen LogP) is 3.52. The number of imidazole rings is 1. The number of hydrogen-bond acceptors (Lipinski definition) is 2. The van der Waals surface area contributed by atoms with Gasteiger partial charge < -0.3 is 9.88 Å². The molecule has 1 aliphatic heterocycles. The van der Waals surface area contributed by atoms with Gasteiger partial charge >= 0.3 is 0 Å². The Morgan fingerprint density at radius 2 is 2.04 bits per heavy atom. The summed E-state index contributed by atoms with van der Waals surface area (Å²) in [7, 11) is 0. The summed E-state index contributed by atoms with van der Waals surface area (Å²) in [4.78, 5) is 21.9. The van der Waals surface area contributed by atoms with E-state index in [0.29, 0.717) is 13.1 Å². The number of likely N-dealkylation sites (tertiary alicyclic amines) is 1. The van der Waals surface area contributed by atoms with Crippen molar-refractivity contribution in [2.24, 2.45) is 0 Å². The van der Waals surface area contributed by atoms with Crippen molar-refractivity contribution in [3.8, 4) is 0 Å². The number of H-pyrrole nitrogens is 1. The molecule has 2 heterocycles. The van der Waals surface area contributed by atoms with Crippen LogP contribution in [0.2, 0.25) is 5.02 Å². The van der Waals surface area contributed by atoms with E-state index in [1.165, 1.54) is 12.1 Å². The van der Waals surface area contributed by atoms with Gasteiger partial charge in [0, 0.05) is 23.7 Å². The molecule has 0 bridgehead atoms. The summed E-state index contributed by atoms with van der Waals surface area (Å²) >= 11 is 5.98. The van der Waals surface area contributed by atoms with E-state index >= 15 is 0 Å². The van der Waals surface area contributed by atoms with Crippen molar-refractivity contribution in [2.45, 2.75) is 12.3 Å². The van der Waals surface area contributed by atoms with Gasteiger partial charge in [0.25, 0.3) is 0 Å². The van der Waals surface area contributed by atoms with E-state index < -0.39 is 5.82 Å². The third-order valence-corrected chi connectivity index (χ3v) is 4.77. The molecule has 0 atom stereocenters.